The van der Waals surface area contributed by atoms with Crippen LogP contribution in [0.2, 0.25) is 0 Å². The Hall–Kier alpha value is -4.01. The van der Waals surface area contributed by atoms with Crippen LogP contribution in [0, 0.1) is 6.92 Å². The van der Waals surface area contributed by atoms with E-state index in [-0.39, 0.29) is 11.3 Å². The fourth-order valence-electron chi connectivity index (χ4n) is 3.05. The van der Waals surface area contributed by atoms with Crippen LogP contribution < -0.4 is 5.32 Å². The highest BCUT2D eigenvalue weighted by Crippen LogP contribution is 2.29. The van der Waals surface area contributed by atoms with Crippen LogP contribution in [0.4, 0.5) is 18.9 Å². The van der Waals surface area contributed by atoms with Crippen molar-refractivity contribution in [1.29, 1.82) is 0 Å². The number of nitrogens with one attached hydrogen (secondary N) is 2. The average Bonchev–Trinajstić information content (AvgIpc) is 3.24. The van der Waals surface area contributed by atoms with Crippen molar-refractivity contribution in [3.05, 3.63) is 83.7 Å². The van der Waals surface area contributed by atoms with Gasteiger partial charge < -0.3 is 5.32 Å². The van der Waals surface area contributed by atoms with Gasteiger partial charge in [-0.15, -0.1) is 0 Å². The molecule has 0 saturated heterocycles. The molecule has 2 heterocycles. The Kier molecular flexibility index (Phi) is 5.24. The van der Waals surface area contributed by atoms with Crippen LogP contribution in [0.5, 0.6) is 0 Å². The molecule has 0 atom stereocenters. The highest BCUT2D eigenvalue weighted by molar-refractivity contribution is 6.06. The van der Waals surface area contributed by atoms with E-state index in [4.69, 9.17) is 0 Å². The fraction of sp³-hybridized carbons (Fsp3) is 0.0909. The van der Waals surface area contributed by atoms with E-state index in [0.717, 1.165) is 17.7 Å². The van der Waals surface area contributed by atoms with Gasteiger partial charge in [-0.2, -0.15) is 18.3 Å². The van der Waals surface area contributed by atoms with Gasteiger partial charge in [-0.05, 0) is 31.2 Å². The minimum atomic E-state index is -4.57. The van der Waals surface area contributed by atoms with Crippen LogP contribution >= 0.6 is 0 Å². The Morgan fingerprint density at radius 1 is 0.935 bits per heavy atom. The molecule has 4 rings (SSSR count). The molecule has 0 spiro atoms. The van der Waals surface area contributed by atoms with Crippen LogP contribution in [0.15, 0.2) is 66.7 Å². The van der Waals surface area contributed by atoms with Crippen molar-refractivity contribution < 1.29 is 18.0 Å². The summed E-state index contributed by atoms with van der Waals surface area (Å²) >= 11 is 0. The number of para-hydroxylation sites is 1. The zero-order valence-corrected chi connectivity index (χ0v) is 16.2. The van der Waals surface area contributed by atoms with Gasteiger partial charge in [0.15, 0.2) is 11.6 Å². The van der Waals surface area contributed by atoms with E-state index in [0.29, 0.717) is 22.9 Å². The van der Waals surface area contributed by atoms with Crippen molar-refractivity contribution in [2.45, 2.75) is 13.1 Å². The topological polar surface area (TPSA) is 83.6 Å². The van der Waals surface area contributed by atoms with Gasteiger partial charge in [0, 0.05) is 11.1 Å². The minimum Gasteiger partial charge on any atom is -0.321 e. The number of halogens is 3. The molecule has 1 amide bonds. The van der Waals surface area contributed by atoms with Crippen molar-refractivity contribution in [1.82, 2.24) is 20.2 Å². The molecule has 2 aromatic heterocycles. The summed E-state index contributed by atoms with van der Waals surface area (Å²) in [4.78, 5) is 20.7. The molecule has 0 radical (unpaired) electrons. The standard InChI is InChI=1S/C22H16F3N5O/c1-13-15(11-12-18(26-13)22(23,24)25)21(31)27-17-10-6-5-9-16(17)20-28-19(29-30-20)14-7-3-2-4-8-14/h2-12H,1H3,(H,27,31)(H,28,29,30). The summed E-state index contributed by atoms with van der Waals surface area (Å²) in [6.07, 6.45) is -4.57. The Bertz CT molecular complexity index is 1240. The van der Waals surface area contributed by atoms with Crippen LogP contribution in [-0.4, -0.2) is 26.1 Å². The second-order valence-corrected chi connectivity index (χ2v) is 6.70. The van der Waals surface area contributed by atoms with Crippen molar-refractivity contribution >= 4 is 11.6 Å². The first-order chi connectivity index (χ1) is 14.8. The van der Waals surface area contributed by atoms with E-state index in [1.54, 1.807) is 24.3 Å². The molecule has 156 valence electrons. The minimum absolute atomic E-state index is 0.0177. The largest absolute Gasteiger partial charge is 0.433 e. The molecule has 0 aliphatic heterocycles. The Balaban J connectivity index is 1.62. The predicted octanol–water partition coefficient (Wildman–Crippen LogP) is 5.11. The third kappa shape index (κ3) is 4.30. The summed E-state index contributed by atoms with van der Waals surface area (Å²) in [5, 5.41) is 9.81. The molecule has 0 fully saturated rings. The molecule has 6 nitrogen and oxygen atoms in total. The molecule has 2 N–H and O–H groups in total. The first-order valence-electron chi connectivity index (χ1n) is 9.26. The van der Waals surface area contributed by atoms with Crippen molar-refractivity contribution in [2.24, 2.45) is 0 Å². The van der Waals surface area contributed by atoms with Crippen molar-refractivity contribution in [2.75, 3.05) is 5.32 Å². The maximum Gasteiger partial charge on any atom is 0.433 e. The number of benzene rings is 2. The van der Waals surface area contributed by atoms with Crippen LogP contribution in [0.25, 0.3) is 22.8 Å². The average molecular weight is 423 g/mol. The molecule has 0 unspecified atom stereocenters. The predicted molar refractivity (Wildman–Crippen MR) is 109 cm³/mol. The molecular weight excluding hydrogens is 407 g/mol. The third-order valence-corrected chi connectivity index (χ3v) is 4.57. The van der Waals surface area contributed by atoms with Gasteiger partial charge in [0.05, 0.1) is 16.9 Å². The number of H-pyrrole nitrogens is 1. The van der Waals surface area contributed by atoms with Gasteiger partial charge in [0.1, 0.15) is 5.69 Å². The number of rotatable bonds is 4. The second-order valence-electron chi connectivity index (χ2n) is 6.70. The van der Waals surface area contributed by atoms with E-state index in [1.807, 2.05) is 30.3 Å². The lowest BCUT2D eigenvalue weighted by molar-refractivity contribution is -0.141. The highest BCUT2D eigenvalue weighted by atomic mass is 19.4. The number of carbonyl (C=O) groups excluding carboxylic acids is 1. The third-order valence-electron chi connectivity index (χ3n) is 4.57. The van der Waals surface area contributed by atoms with Crippen LogP contribution in [0.1, 0.15) is 21.7 Å². The Labute approximate surface area is 175 Å². The molecular formula is C22H16F3N5O. The molecule has 0 aliphatic carbocycles. The van der Waals surface area contributed by atoms with E-state index >= 15 is 0 Å². The van der Waals surface area contributed by atoms with Gasteiger partial charge in [-0.1, -0.05) is 42.5 Å². The lowest BCUT2D eigenvalue weighted by atomic mass is 10.1. The van der Waals surface area contributed by atoms with E-state index in [9.17, 15) is 18.0 Å². The number of hydrogen-bond donors (Lipinski definition) is 2. The number of aromatic nitrogens is 4. The highest BCUT2D eigenvalue weighted by Gasteiger charge is 2.33. The van der Waals surface area contributed by atoms with Gasteiger partial charge in [-0.25, -0.2) is 9.97 Å². The number of aromatic amines is 1. The van der Waals surface area contributed by atoms with Crippen molar-refractivity contribution in [3.8, 4) is 22.8 Å². The van der Waals surface area contributed by atoms with Crippen LogP contribution in [0.3, 0.4) is 0 Å². The first-order valence-corrected chi connectivity index (χ1v) is 9.26. The summed E-state index contributed by atoms with van der Waals surface area (Å²) in [5.41, 5.74) is 0.835. The number of alkyl halides is 3. The quantitative estimate of drug-likeness (QED) is 0.478. The lowest BCUT2D eigenvalue weighted by Gasteiger charge is -2.12. The van der Waals surface area contributed by atoms with Gasteiger partial charge in [-0.3, -0.25) is 9.89 Å². The number of aryl methyl sites for hydroxylation is 1. The summed E-state index contributed by atoms with van der Waals surface area (Å²) in [7, 11) is 0. The zero-order valence-electron chi connectivity index (χ0n) is 16.2. The van der Waals surface area contributed by atoms with Gasteiger partial charge >= 0.3 is 6.18 Å². The monoisotopic (exact) mass is 423 g/mol. The maximum absolute atomic E-state index is 12.8. The van der Waals surface area contributed by atoms with Gasteiger partial charge in [0.2, 0.25) is 0 Å². The van der Waals surface area contributed by atoms with E-state index in [2.05, 4.69) is 25.5 Å². The molecule has 9 heteroatoms. The first kappa shape index (κ1) is 20.3. The number of anilines is 1. The summed E-state index contributed by atoms with van der Waals surface area (Å²) in [5.74, 6) is 0.366. The molecule has 2 aromatic carbocycles. The SMILES string of the molecule is Cc1nc(C(F)(F)F)ccc1C(=O)Nc1ccccc1-c1nc(-c2ccccc2)n[nH]1. The molecule has 0 saturated carbocycles. The van der Waals surface area contributed by atoms with E-state index in [1.165, 1.54) is 6.92 Å². The molecule has 4 aromatic rings. The van der Waals surface area contributed by atoms with Gasteiger partial charge in [0.25, 0.3) is 5.91 Å². The number of hydrogen-bond acceptors (Lipinski definition) is 4. The summed E-state index contributed by atoms with van der Waals surface area (Å²) in [6, 6.07) is 18.2. The van der Waals surface area contributed by atoms with Crippen molar-refractivity contribution in [3.63, 3.8) is 0 Å². The smallest absolute Gasteiger partial charge is 0.321 e. The molecule has 0 bridgehead atoms. The Morgan fingerprint density at radius 2 is 1.65 bits per heavy atom. The molecule has 0 aliphatic rings. The molecule has 31 heavy (non-hydrogen) atoms. The number of pyridine rings is 1. The summed E-state index contributed by atoms with van der Waals surface area (Å²) < 4.78 is 38.5. The lowest BCUT2D eigenvalue weighted by Crippen LogP contribution is -2.17. The second kappa shape index (κ2) is 8.02. The fourth-order valence-corrected chi connectivity index (χ4v) is 3.05. The normalized spacial score (nSPS) is 11.4. The zero-order chi connectivity index (χ0) is 22.0. The maximum atomic E-state index is 12.8. The number of nitrogens with zero attached hydrogens (tertiary/aromatic N) is 3. The van der Waals surface area contributed by atoms with Crippen LogP contribution in [-0.2, 0) is 6.18 Å². The number of carbonyl (C=O) groups is 1. The number of amides is 1. The van der Waals surface area contributed by atoms with E-state index < -0.39 is 17.8 Å². The summed E-state index contributed by atoms with van der Waals surface area (Å²) in [6.45, 7) is 1.36. The Morgan fingerprint density at radius 3 is 2.35 bits per heavy atom.